The molecule has 0 bridgehead atoms. The van der Waals surface area contributed by atoms with E-state index in [2.05, 4.69) is 46.4 Å². The van der Waals surface area contributed by atoms with Gasteiger partial charge in [-0.3, -0.25) is 0 Å². The molecule has 0 amide bonds. The van der Waals surface area contributed by atoms with Crippen LogP contribution < -0.4 is 0 Å². The minimum absolute atomic E-state index is 0.423. The molecule has 0 aliphatic heterocycles. The van der Waals surface area contributed by atoms with Gasteiger partial charge in [-0.05, 0) is 44.9 Å². The van der Waals surface area contributed by atoms with E-state index >= 15 is 0 Å². The zero-order valence-electron chi connectivity index (χ0n) is 10.7. The molecular formula is C15H24. The zero-order valence-corrected chi connectivity index (χ0v) is 10.7. The van der Waals surface area contributed by atoms with Gasteiger partial charge >= 0.3 is 0 Å². The Bertz CT molecular complexity index is 296. The van der Waals surface area contributed by atoms with Gasteiger partial charge in [-0.2, -0.15) is 0 Å². The topological polar surface area (TPSA) is 0 Å². The van der Waals surface area contributed by atoms with Crippen LogP contribution >= 0.6 is 0 Å². The normalized spacial score (nSPS) is 19.7. The molecule has 1 rings (SSSR count). The molecule has 0 spiro atoms. The molecule has 0 N–H and O–H groups in total. The SMILES string of the molecule is C=C1C=C(CCC=C(C)C)CC(C)(C)C1. The Morgan fingerprint density at radius 1 is 1.40 bits per heavy atom. The molecule has 1 aliphatic rings. The molecule has 0 aromatic heterocycles. The molecule has 0 fully saturated rings. The van der Waals surface area contributed by atoms with Crippen molar-refractivity contribution in [2.45, 2.75) is 53.4 Å². The molecule has 1 aliphatic carbocycles. The summed E-state index contributed by atoms with van der Waals surface area (Å²) in [6.07, 6.45) is 9.40. The molecular weight excluding hydrogens is 180 g/mol. The summed E-state index contributed by atoms with van der Waals surface area (Å²) in [6.45, 7) is 13.1. The second-order valence-corrected chi connectivity index (χ2v) is 5.80. The summed E-state index contributed by atoms with van der Waals surface area (Å²) in [5.74, 6) is 0. The molecule has 0 heterocycles. The van der Waals surface area contributed by atoms with Gasteiger partial charge in [0.25, 0.3) is 0 Å². The van der Waals surface area contributed by atoms with Gasteiger partial charge in [0.05, 0.1) is 0 Å². The number of rotatable bonds is 3. The third-order valence-electron chi connectivity index (χ3n) is 2.84. The average Bonchev–Trinajstić information content (AvgIpc) is 1.98. The van der Waals surface area contributed by atoms with E-state index in [4.69, 9.17) is 0 Å². The van der Waals surface area contributed by atoms with E-state index in [1.54, 1.807) is 5.57 Å². The lowest BCUT2D eigenvalue weighted by Crippen LogP contribution is -2.16. The van der Waals surface area contributed by atoms with Crippen LogP contribution in [-0.4, -0.2) is 0 Å². The summed E-state index contributed by atoms with van der Waals surface area (Å²) in [5.41, 5.74) is 4.73. The van der Waals surface area contributed by atoms with Crippen molar-refractivity contribution in [2.75, 3.05) is 0 Å². The van der Waals surface area contributed by atoms with Crippen molar-refractivity contribution < 1.29 is 0 Å². The van der Waals surface area contributed by atoms with Crippen LogP contribution in [0.2, 0.25) is 0 Å². The second kappa shape index (κ2) is 4.83. The molecule has 15 heavy (non-hydrogen) atoms. The largest absolute Gasteiger partial charge is 0.0958 e. The van der Waals surface area contributed by atoms with Crippen LogP contribution in [0, 0.1) is 5.41 Å². The lowest BCUT2D eigenvalue weighted by Gasteiger charge is -2.31. The first-order valence-electron chi connectivity index (χ1n) is 5.90. The first-order valence-corrected chi connectivity index (χ1v) is 5.90. The highest BCUT2D eigenvalue weighted by atomic mass is 14.3. The van der Waals surface area contributed by atoms with Crippen molar-refractivity contribution in [2.24, 2.45) is 5.41 Å². The van der Waals surface area contributed by atoms with E-state index in [-0.39, 0.29) is 0 Å². The first kappa shape index (κ1) is 12.3. The van der Waals surface area contributed by atoms with Gasteiger partial charge in [0, 0.05) is 0 Å². The summed E-state index contributed by atoms with van der Waals surface area (Å²) in [5, 5.41) is 0. The highest BCUT2D eigenvalue weighted by molar-refractivity contribution is 5.27. The van der Waals surface area contributed by atoms with Gasteiger partial charge in [-0.1, -0.05) is 49.3 Å². The van der Waals surface area contributed by atoms with Crippen LogP contribution in [-0.2, 0) is 0 Å². The van der Waals surface area contributed by atoms with Crippen molar-refractivity contribution >= 4 is 0 Å². The van der Waals surface area contributed by atoms with Gasteiger partial charge < -0.3 is 0 Å². The van der Waals surface area contributed by atoms with E-state index in [1.807, 2.05) is 0 Å². The first-order chi connectivity index (χ1) is 6.89. The number of hydrogen-bond acceptors (Lipinski definition) is 0. The third-order valence-corrected chi connectivity index (χ3v) is 2.84. The minimum Gasteiger partial charge on any atom is -0.0958 e. The Balaban J connectivity index is 2.55. The summed E-state index contributed by atoms with van der Waals surface area (Å²) in [6, 6.07) is 0. The van der Waals surface area contributed by atoms with E-state index in [9.17, 15) is 0 Å². The fourth-order valence-electron chi connectivity index (χ4n) is 2.39. The Morgan fingerprint density at radius 2 is 2.07 bits per heavy atom. The monoisotopic (exact) mass is 204 g/mol. The standard InChI is InChI=1S/C15H24/c1-12(2)7-6-8-14-9-13(3)10-15(4,5)11-14/h7,9H,3,6,8,10-11H2,1-2,4-5H3. The maximum absolute atomic E-state index is 4.11. The predicted octanol–water partition coefficient (Wildman–Crippen LogP) is 5.04. The Kier molecular flexibility index (Phi) is 3.96. The average molecular weight is 204 g/mol. The summed E-state index contributed by atoms with van der Waals surface area (Å²) in [4.78, 5) is 0. The Hall–Kier alpha value is -0.780. The summed E-state index contributed by atoms with van der Waals surface area (Å²) in [7, 11) is 0. The van der Waals surface area contributed by atoms with Gasteiger partial charge in [0.15, 0.2) is 0 Å². The molecule has 84 valence electrons. The van der Waals surface area contributed by atoms with Crippen LogP contribution in [0.3, 0.4) is 0 Å². The van der Waals surface area contributed by atoms with E-state index in [1.165, 1.54) is 30.4 Å². The van der Waals surface area contributed by atoms with Crippen LogP contribution in [0.1, 0.15) is 53.4 Å². The van der Waals surface area contributed by atoms with Crippen molar-refractivity contribution in [3.63, 3.8) is 0 Å². The molecule has 0 saturated heterocycles. The van der Waals surface area contributed by atoms with Crippen LogP contribution in [0.5, 0.6) is 0 Å². The van der Waals surface area contributed by atoms with E-state index in [0.29, 0.717) is 5.41 Å². The lowest BCUT2D eigenvalue weighted by atomic mass is 9.75. The van der Waals surface area contributed by atoms with Gasteiger partial charge in [0.1, 0.15) is 0 Å². The Labute approximate surface area is 94.8 Å². The molecule has 0 atom stereocenters. The molecule has 0 aromatic carbocycles. The second-order valence-electron chi connectivity index (χ2n) is 5.80. The fraction of sp³-hybridized carbons (Fsp3) is 0.600. The highest BCUT2D eigenvalue weighted by Crippen LogP contribution is 2.38. The van der Waals surface area contributed by atoms with Gasteiger partial charge in [-0.25, -0.2) is 0 Å². The van der Waals surface area contributed by atoms with Gasteiger partial charge in [-0.15, -0.1) is 0 Å². The zero-order chi connectivity index (χ0) is 11.5. The van der Waals surface area contributed by atoms with E-state index < -0.39 is 0 Å². The highest BCUT2D eigenvalue weighted by Gasteiger charge is 2.23. The van der Waals surface area contributed by atoms with Crippen molar-refractivity contribution in [3.05, 3.63) is 35.5 Å². The molecule has 0 aromatic rings. The van der Waals surface area contributed by atoms with Crippen LogP contribution in [0.25, 0.3) is 0 Å². The maximum Gasteiger partial charge on any atom is -0.0230 e. The molecule has 0 heteroatoms. The van der Waals surface area contributed by atoms with Crippen molar-refractivity contribution in [1.29, 1.82) is 0 Å². The predicted molar refractivity (Wildman–Crippen MR) is 68.9 cm³/mol. The Morgan fingerprint density at radius 3 is 2.60 bits per heavy atom. The number of hydrogen-bond donors (Lipinski definition) is 0. The number of allylic oxidation sites excluding steroid dienone is 5. The van der Waals surface area contributed by atoms with Crippen molar-refractivity contribution in [3.8, 4) is 0 Å². The fourth-order valence-corrected chi connectivity index (χ4v) is 2.39. The maximum atomic E-state index is 4.11. The molecule has 0 radical (unpaired) electrons. The molecule has 0 unspecified atom stereocenters. The van der Waals surface area contributed by atoms with Crippen LogP contribution in [0.4, 0.5) is 0 Å². The lowest BCUT2D eigenvalue weighted by molar-refractivity contribution is 0.347. The minimum atomic E-state index is 0.423. The van der Waals surface area contributed by atoms with Crippen molar-refractivity contribution in [1.82, 2.24) is 0 Å². The van der Waals surface area contributed by atoms with E-state index in [0.717, 1.165) is 6.42 Å². The molecule has 0 nitrogen and oxygen atoms in total. The summed E-state index contributed by atoms with van der Waals surface area (Å²) >= 11 is 0. The van der Waals surface area contributed by atoms with Gasteiger partial charge in [0.2, 0.25) is 0 Å². The smallest absolute Gasteiger partial charge is 0.0230 e. The third kappa shape index (κ3) is 4.51. The summed E-state index contributed by atoms with van der Waals surface area (Å²) < 4.78 is 0. The van der Waals surface area contributed by atoms with Crippen LogP contribution in [0.15, 0.2) is 35.5 Å². The quantitative estimate of drug-likeness (QED) is 0.565. The molecule has 0 saturated carbocycles.